The molecule has 1 fully saturated rings. The molecule has 1 heterocycles. The van der Waals surface area contributed by atoms with Gasteiger partial charge in [0, 0.05) is 32.3 Å². The maximum atomic E-state index is 11.9. The molecule has 1 aliphatic heterocycles. The minimum atomic E-state index is 0.103. The molecular formula is C17H22N2O. The first kappa shape index (κ1) is 14.5. The number of benzene rings is 1. The number of aryl methyl sites for hydroxylation is 1. The largest absolute Gasteiger partial charge is 0.337 e. The maximum absolute atomic E-state index is 11.9. The third-order valence-corrected chi connectivity index (χ3v) is 3.53. The fraction of sp³-hybridized carbons (Fsp3) is 0.353. The van der Waals surface area contributed by atoms with Crippen molar-refractivity contribution in [1.29, 1.82) is 0 Å². The first-order valence-corrected chi connectivity index (χ1v) is 7.04. The molecule has 1 saturated heterocycles. The number of carbonyl (C=O) groups excluding carboxylic acids is 1. The van der Waals surface area contributed by atoms with Gasteiger partial charge in [-0.15, -0.1) is 0 Å². The van der Waals surface area contributed by atoms with Crippen molar-refractivity contribution >= 4 is 12.0 Å². The molecule has 0 atom stereocenters. The average Bonchev–Trinajstić information content (AvgIpc) is 2.46. The second kappa shape index (κ2) is 7.06. The Morgan fingerprint density at radius 3 is 2.35 bits per heavy atom. The summed E-state index contributed by atoms with van der Waals surface area (Å²) in [6.07, 6.45) is 7.39. The standard InChI is InChI=1S/C17H22N2O/c1-15-7-9-16(10-8-15)5-3-4-6-17(20)19-13-11-18(2)12-14-19/h3-10H,11-14H2,1-2H3/b5-3+,6-4+. The summed E-state index contributed by atoms with van der Waals surface area (Å²) in [6, 6.07) is 8.31. The second-order valence-corrected chi connectivity index (χ2v) is 5.26. The van der Waals surface area contributed by atoms with E-state index in [2.05, 4.69) is 43.1 Å². The van der Waals surface area contributed by atoms with Crippen molar-refractivity contribution in [2.45, 2.75) is 6.92 Å². The summed E-state index contributed by atoms with van der Waals surface area (Å²) in [6.45, 7) is 5.63. The van der Waals surface area contributed by atoms with E-state index < -0.39 is 0 Å². The molecule has 106 valence electrons. The van der Waals surface area contributed by atoms with E-state index in [9.17, 15) is 4.79 Å². The van der Waals surface area contributed by atoms with Gasteiger partial charge in [0.1, 0.15) is 0 Å². The summed E-state index contributed by atoms with van der Waals surface area (Å²) in [7, 11) is 2.09. The maximum Gasteiger partial charge on any atom is 0.246 e. The Morgan fingerprint density at radius 2 is 1.70 bits per heavy atom. The summed E-state index contributed by atoms with van der Waals surface area (Å²) in [5.41, 5.74) is 2.40. The molecule has 0 unspecified atom stereocenters. The lowest BCUT2D eigenvalue weighted by molar-refractivity contribution is -0.127. The monoisotopic (exact) mass is 270 g/mol. The first-order valence-electron chi connectivity index (χ1n) is 7.04. The van der Waals surface area contributed by atoms with Gasteiger partial charge in [0.05, 0.1) is 0 Å². The van der Waals surface area contributed by atoms with Crippen LogP contribution in [0.4, 0.5) is 0 Å². The Morgan fingerprint density at radius 1 is 1.05 bits per heavy atom. The lowest BCUT2D eigenvalue weighted by Crippen LogP contribution is -2.46. The van der Waals surface area contributed by atoms with E-state index in [4.69, 9.17) is 0 Å². The van der Waals surface area contributed by atoms with E-state index in [0.717, 1.165) is 31.7 Å². The smallest absolute Gasteiger partial charge is 0.246 e. The van der Waals surface area contributed by atoms with Crippen LogP contribution in [0.25, 0.3) is 6.08 Å². The van der Waals surface area contributed by atoms with Crippen molar-refractivity contribution in [3.8, 4) is 0 Å². The third-order valence-electron chi connectivity index (χ3n) is 3.53. The molecule has 1 aromatic carbocycles. The number of likely N-dealkylation sites (N-methyl/N-ethyl adjacent to an activating group) is 1. The zero-order valence-electron chi connectivity index (χ0n) is 12.2. The Labute approximate surface area is 121 Å². The normalized spacial score (nSPS) is 17.2. The summed E-state index contributed by atoms with van der Waals surface area (Å²) in [5, 5.41) is 0. The summed E-state index contributed by atoms with van der Waals surface area (Å²) in [5.74, 6) is 0.103. The van der Waals surface area contributed by atoms with Crippen LogP contribution in [-0.4, -0.2) is 48.9 Å². The van der Waals surface area contributed by atoms with Crippen molar-refractivity contribution in [2.75, 3.05) is 33.2 Å². The van der Waals surface area contributed by atoms with Gasteiger partial charge in [-0.1, -0.05) is 48.1 Å². The second-order valence-electron chi connectivity index (χ2n) is 5.26. The average molecular weight is 270 g/mol. The minimum absolute atomic E-state index is 0.103. The van der Waals surface area contributed by atoms with E-state index >= 15 is 0 Å². The predicted molar refractivity (Wildman–Crippen MR) is 83.4 cm³/mol. The number of nitrogens with zero attached hydrogens (tertiary/aromatic N) is 2. The highest BCUT2D eigenvalue weighted by molar-refractivity contribution is 5.88. The highest BCUT2D eigenvalue weighted by Gasteiger charge is 2.16. The lowest BCUT2D eigenvalue weighted by atomic mass is 10.1. The summed E-state index contributed by atoms with van der Waals surface area (Å²) < 4.78 is 0. The van der Waals surface area contributed by atoms with E-state index in [0.29, 0.717) is 0 Å². The molecule has 20 heavy (non-hydrogen) atoms. The first-order chi connectivity index (χ1) is 9.65. The number of amides is 1. The minimum Gasteiger partial charge on any atom is -0.337 e. The van der Waals surface area contributed by atoms with Crippen LogP contribution in [-0.2, 0) is 4.79 Å². The number of hydrogen-bond donors (Lipinski definition) is 0. The van der Waals surface area contributed by atoms with E-state index in [1.807, 2.05) is 23.1 Å². The number of carbonyl (C=O) groups is 1. The fourth-order valence-corrected chi connectivity index (χ4v) is 2.11. The molecule has 2 rings (SSSR count). The van der Waals surface area contributed by atoms with Crippen LogP contribution in [0.5, 0.6) is 0 Å². The summed E-state index contributed by atoms with van der Waals surface area (Å²) >= 11 is 0. The van der Waals surface area contributed by atoms with Crippen molar-refractivity contribution in [3.63, 3.8) is 0 Å². The molecule has 1 amide bonds. The van der Waals surface area contributed by atoms with Gasteiger partial charge in [-0.25, -0.2) is 0 Å². The van der Waals surface area contributed by atoms with Crippen LogP contribution in [0.2, 0.25) is 0 Å². The Kier molecular flexibility index (Phi) is 5.13. The van der Waals surface area contributed by atoms with Gasteiger partial charge in [-0.2, -0.15) is 0 Å². The Balaban J connectivity index is 1.83. The van der Waals surface area contributed by atoms with E-state index in [1.54, 1.807) is 6.08 Å². The molecule has 3 heteroatoms. The quantitative estimate of drug-likeness (QED) is 0.622. The van der Waals surface area contributed by atoms with E-state index in [1.165, 1.54) is 5.56 Å². The van der Waals surface area contributed by atoms with Crippen LogP contribution < -0.4 is 0 Å². The Bertz CT molecular complexity index is 494. The molecule has 0 aliphatic carbocycles. The zero-order chi connectivity index (χ0) is 14.4. The molecular weight excluding hydrogens is 248 g/mol. The van der Waals surface area contributed by atoms with Crippen LogP contribution in [0.1, 0.15) is 11.1 Å². The molecule has 0 radical (unpaired) electrons. The van der Waals surface area contributed by atoms with Crippen LogP contribution in [0.15, 0.2) is 42.5 Å². The van der Waals surface area contributed by atoms with Gasteiger partial charge in [0.25, 0.3) is 0 Å². The molecule has 0 N–H and O–H groups in total. The van der Waals surface area contributed by atoms with Gasteiger partial charge >= 0.3 is 0 Å². The van der Waals surface area contributed by atoms with Crippen LogP contribution in [0.3, 0.4) is 0 Å². The van der Waals surface area contributed by atoms with Crippen LogP contribution >= 0.6 is 0 Å². The van der Waals surface area contributed by atoms with Gasteiger partial charge in [0.2, 0.25) is 5.91 Å². The van der Waals surface area contributed by atoms with Gasteiger partial charge in [0.15, 0.2) is 0 Å². The number of hydrogen-bond acceptors (Lipinski definition) is 2. The number of allylic oxidation sites excluding steroid dienone is 2. The lowest BCUT2D eigenvalue weighted by Gasteiger charge is -2.31. The number of rotatable bonds is 3. The van der Waals surface area contributed by atoms with Gasteiger partial charge < -0.3 is 9.80 Å². The SMILES string of the molecule is Cc1ccc(/C=C/C=C/C(=O)N2CCN(C)CC2)cc1. The topological polar surface area (TPSA) is 23.6 Å². The summed E-state index contributed by atoms with van der Waals surface area (Å²) in [4.78, 5) is 16.1. The molecule has 0 spiro atoms. The zero-order valence-corrected chi connectivity index (χ0v) is 12.2. The Hall–Kier alpha value is -1.87. The molecule has 0 saturated carbocycles. The van der Waals surface area contributed by atoms with Crippen molar-refractivity contribution in [2.24, 2.45) is 0 Å². The van der Waals surface area contributed by atoms with Crippen LogP contribution in [0, 0.1) is 6.92 Å². The van der Waals surface area contributed by atoms with E-state index in [-0.39, 0.29) is 5.91 Å². The molecule has 1 aromatic rings. The molecule has 0 aromatic heterocycles. The highest BCUT2D eigenvalue weighted by atomic mass is 16.2. The van der Waals surface area contributed by atoms with Crippen molar-refractivity contribution in [1.82, 2.24) is 9.80 Å². The molecule has 1 aliphatic rings. The van der Waals surface area contributed by atoms with Crippen molar-refractivity contribution < 1.29 is 4.79 Å². The molecule has 3 nitrogen and oxygen atoms in total. The van der Waals surface area contributed by atoms with Crippen molar-refractivity contribution in [3.05, 3.63) is 53.6 Å². The fourth-order valence-electron chi connectivity index (χ4n) is 2.11. The predicted octanol–water partition coefficient (Wildman–Crippen LogP) is 2.34. The van der Waals surface area contributed by atoms with Gasteiger partial charge in [-0.05, 0) is 19.5 Å². The third kappa shape index (κ3) is 4.35. The molecule has 0 bridgehead atoms. The van der Waals surface area contributed by atoms with Gasteiger partial charge in [-0.3, -0.25) is 4.79 Å². The number of piperazine rings is 1. The highest BCUT2D eigenvalue weighted by Crippen LogP contribution is 2.05.